The monoisotopic (exact) mass is 393 g/mol. The molecule has 0 atom stereocenters. The van der Waals surface area contributed by atoms with Crippen LogP contribution in [0.2, 0.25) is 0 Å². The van der Waals surface area contributed by atoms with Gasteiger partial charge in [0.2, 0.25) is 5.88 Å². The molecule has 0 unspecified atom stereocenters. The fourth-order valence-corrected chi connectivity index (χ4v) is 4.31. The molecule has 0 spiro atoms. The highest BCUT2D eigenvalue weighted by atomic mass is 16.5. The van der Waals surface area contributed by atoms with Gasteiger partial charge in [0.15, 0.2) is 0 Å². The van der Waals surface area contributed by atoms with E-state index in [1.54, 1.807) is 31.0 Å². The zero-order valence-corrected chi connectivity index (χ0v) is 17.3. The number of benzene rings is 1. The van der Waals surface area contributed by atoms with Crippen LogP contribution in [0.1, 0.15) is 40.5 Å². The lowest BCUT2D eigenvalue weighted by Crippen LogP contribution is -2.60. The maximum Gasteiger partial charge on any atom is 0.232 e. The smallest absolute Gasteiger partial charge is 0.232 e. The Labute approximate surface area is 170 Å². The van der Waals surface area contributed by atoms with E-state index in [4.69, 9.17) is 4.74 Å². The number of imidazole rings is 1. The summed E-state index contributed by atoms with van der Waals surface area (Å²) in [6.07, 6.45) is 10.3. The molecule has 1 saturated heterocycles. The first kappa shape index (κ1) is 19.4. The van der Waals surface area contributed by atoms with Gasteiger partial charge in [-0.3, -0.25) is 0 Å². The zero-order chi connectivity index (χ0) is 20.6. The summed E-state index contributed by atoms with van der Waals surface area (Å²) in [6, 6.07) is 5.41. The van der Waals surface area contributed by atoms with Gasteiger partial charge in [0.05, 0.1) is 30.1 Å². The molecule has 2 aromatic heterocycles. The fraction of sp³-hybridized carbons (Fsp3) is 0.409. The van der Waals surface area contributed by atoms with Crippen molar-refractivity contribution in [1.29, 1.82) is 0 Å². The van der Waals surface area contributed by atoms with E-state index in [0.29, 0.717) is 17.1 Å². The Morgan fingerprint density at radius 2 is 1.86 bits per heavy atom. The van der Waals surface area contributed by atoms with Crippen LogP contribution < -0.4 is 10.1 Å². The van der Waals surface area contributed by atoms with Crippen molar-refractivity contribution in [1.82, 2.24) is 24.8 Å². The Balaban J connectivity index is 1.50. The maximum atomic E-state index is 10.4. The number of ether oxygens (including phenoxy) is 1. The third-order valence-electron chi connectivity index (χ3n) is 5.13. The van der Waals surface area contributed by atoms with Crippen LogP contribution in [0.4, 0.5) is 0 Å². The fourth-order valence-electron chi connectivity index (χ4n) is 4.31. The lowest BCUT2D eigenvalue weighted by atomic mass is 9.81. The van der Waals surface area contributed by atoms with Gasteiger partial charge in [0, 0.05) is 47.9 Å². The summed E-state index contributed by atoms with van der Waals surface area (Å²) >= 11 is 0. The number of hydrogen-bond acceptors (Lipinski definition) is 6. The highest BCUT2D eigenvalue weighted by Crippen LogP contribution is 2.32. The second kappa shape index (κ2) is 7.15. The van der Waals surface area contributed by atoms with Gasteiger partial charge in [0.1, 0.15) is 11.9 Å². The Hall–Kier alpha value is -2.93. The Morgan fingerprint density at radius 1 is 1.10 bits per heavy atom. The van der Waals surface area contributed by atoms with E-state index in [-0.39, 0.29) is 22.9 Å². The minimum absolute atomic E-state index is 0.00254. The molecule has 1 fully saturated rings. The van der Waals surface area contributed by atoms with Crippen LogP contribution >= 0.6 is 0 Å². The molecule has 3 aromatic rings. The van der Waals surface area contributed by atoms with Crippen molar-refractivity contribution in [3.8, 4) is 28.6 Å². The summed E-state index contributed by atoms with van der Waals surface area (Å²) < 4.78 is 7.96. The quantitative estimate of drug-likeness (QED) is 0.703. The largest absolute Gasteiger partial charge is 0.507 e. The van der Waals surface area contributed by atoms with E-state index in [2.05, 4.69) is 48.0 Å². The molecular formula is C22H27N5O2. The number of rotatable bonds is 4. The average Bonchev–Trinajstić information content (AvgIpc) is 3.14. The zero-order valence-electron chi connectivity index (χ0n) is 17.3. The summed E-state index contributed by atoms with van der Waals surface area (Å²) in [7, 11) is 0. The number of aromatic nitrogens is 4. The lowest BCUT2D eigenvalue weighted by molar-refractivity contribution is 0.0527. The van der Waals surface area contributed by atoms with Crippen LogP contribution in [0.25, 0.3) is 16.9 Å². The van der Waals surface area contributed by atoms with Crippen LogP contribution in [0.5, 0.6) is 11.6 Å². The molecule has 0 amide bonds. The first-order valence-corrected chi connectivity index (χ1v) is 9.81. The van der Waals surface area contributed by atoms with Crippen molar-refractivity contribution in [2.45, 2.75) is 57.7 Å². The molecule has 0 aliphatic carbocycles. The third kappa shape index (κ3) is 4.40. The number of aromatic hydroxyl groups is 1. The number of phenolic OH excluding ortho intramolecular Hbond substituents is 1. The van der Waals surface area contributed by atoms with Crippen LogP contribution in [0.3, 0.4) is 0 Å². The van der Waals surface area contributed by atoms with Gasteiger partial charge < -0.3 is 19.7 Å². The predicted molar refractivity (Wildman–Crippen MR) is 111 cm³/mol. The molecule has 0 saturated carbocycles. The van der Waals surface area contributed by atoms with E-state index in [0.717, 1.165) is 18.5 Å². The third-order valence-corrected chi connectivity index (χ3v) is 5.13. The SMILES string of the molecule is CC1(C)CC(Oc2cnc(-c3ccc(-n4ccnc4)cc3O)cn2)CC(C)(C)N1. The summed E-state index contributed by atoms with van der Waals surface area (Å²) in [5, 5.41) is 14.1. The number of hydrogen-bond donors (Lipinski definition) is 2. The van der Waals surface area contributed by atoms with Crippen molar-refractivity contribution in [3.63, 3.8) is 0 Å². The Kier molecular flexibility index (Phi) is 4.78. The van der Waals surface area contributed by atoms with Crippen LogP contribution in [0, 0.1) is 0 Å². The van der Waals surface area contributed by atoms with Gasteiger partial charge in [0.25, 0.3) is 0 Å². The number of piperidine rings is 1. The molecular weight excluding hydrogens is 366 g/mol. The first-order valence-electron chi connectivity index (χ1n) is 9.81. The normalized spacial score (nSPS) is 18.5. The van der Waals surface area contributed by atoms with Crippen LogP contribution in [0.15, 0.2) is 49.3 Å². The standard InChI is InChI=1S/C22H27N5O2/c1-21(2)10-16(11-22(3,4)26-21)29-20-13-24-18(12-25-20)17-6-5-15(9-19(17)28)27-8-7-23-14-27/h5-9,12-14,16,26,28H,10-11H2,1-4H3. The maximum absolute atomic E-state index is 10.4. The number of phenols is 1. The minimum Gasteiger partial charge on any atom is -0.507 e. The van der Waals surface area contributed by atoms with E-state index in [1.807, 2.05) is 22.9 Å². The predicted octanol–water partition coefficient (Wildman–Crippen LogP) is 3.72. The second-order valence-electron chi connectivity index (χ2n) is 8.95. The van der Waals surface area contributed by atoms with E-state index < -0.39 is 0 Å². The second-order valence-corrected chi connectivity index (χ2v) is 8.95. The summed E-state index contributed by atoms with van der Waals surface area (Å²) in [4.78, 5) is 12.9. The Morgan fingerprint density at radius 3 is 2.45 bits per heavy atom. The highest BCUT2D eigenvalue weighted by Gasteiger charge is 2.38. The van der Waals surface area contributed by atoms with E-state index >= 15 is 0 Å². The van der Waals surface area contributed by atoms with Gasteiger partial charge in [-0.15, -0.1) is 0 Å². The Bertz CT molecular complexity index is 965. The summed E-state index contributed by atoms with van der Waals surface area (Å²) in [5.74, 6) is 0.641. The minimum atomic E-state index is 0.00254. The molecule has 7 nitrogen and oxygen atoms in total. The lowest BCUT2D eigenvalue weighted by Gasteiger charge is -2.46. The van der Waals surface area contributed by atoms with E-state index in [9.17, 15) is 5.11 Å². The summed E-state index contributed by atoms with van der Waals surface area (Å²) in [5.41, 5.74) is 2.05. The molecule has 7 heteroatoms. The number of nitrogens with zero attached hydrogens (tertiary/aromatic N) is 4. The van der Waals surface area contributed by atoms with Crippen molar-refractivity contribution < 1.29 is 9.84 Å². The average molecular weight is 393 g/mol. The summed E-state index contributed by atoms with van der Waals surface area (Å²) in [6.45, 7) is 8.76. The van der Waals surface area contributed by atoms with Gasteiger partial charge in [-0.2, -0.15) is 0 Å². The molecule has 2 N–H and O–H groups in total. The van der Waals surface area contributed by atoms with Crippen LogP contribution in [-0.2, 0) is 0 Å². The molecule has 1 aromatic carbocycles. The molecule has 4 rings (SSSR count). The van der Waals surface area contributed by atoms with Crippen molar-refractivity contribution >= 4 is 0 Å². The van der Waals surface area contributed by atoms with Gasteiger partial charge in [-0.25, -0.2) is 15.0 Å². The molecule has 0 bridgehead atoms. The molecule has 152 valence electrons. The van der Waals surface area contributed by atoms with Crippen molar-refractivity contribution in [3.05, 3.63) is 49.3 Å². The molecule has 29 heavy (non-hydrogen) atoms. The molecule has 0 radical (unpaired) electrons. The van der Waals surface area contributed by atoms with Gasteiger partial charge in [-0.05, 0) is 39.8 Å². The van der Waals surface area contributed by atoms with Crippen molar-refractivity contribution in [2.75, 3.05) is 0 Å². The topological polar surface area (TPSA) is 85.1 Å². The van der Waals surface area contributed by atoms with Gasteiger partial charge >= 0.3 is 0 Å². The van der Waals surface area contributed by atoms with Gasteiger partial charge in [-0.1, -0.05) is 0 Å². The van der Waals surface area contributed by atoms with Crippen LogP contribution in [-0.4, -0.2) is 41.8 Å². The molecule has 1 aliphatic rings. The first-order chi connectivity index (χ1) is 13.7. The van der Waals surface area contributed by atoms with Crippen molar-refractivity contribution in [2.24, 2.45) is 0 Å². The number of nitrogens with one attached hydrogen (secondary N) is 1. The highest BCUT2D eigenvalue weighted by molar-refractivity contribution is 5.68. The van der Waals surface area contributed by atoms with E-state index in [1.165, 1.54) is 0 Å². The molecule has 3 heterocycles. The molecule has 1 aliphatic heterocycles.